The molecule has 8 nitrogen and oxygen atoms in total. The number of rotatable bonds is 8. The first kappa shape index (κ1) is 31.6. The predicted molar refractivity (Wildman–Crippen MR) is 164 cm³/mol. The van der Waals surface area contributed by atoms with Crippen molar-refractivity contribution in [1.82, 2.24) is 9.80 Å². The van der Waals surface area contributed by atoms with Crippen LogP contribution in [0.15, 0.2) is 60.7 Å². The standard InChI is InChI=1S/C31H35Cl2FN4O4/c1-19-15-38(20(2)18-39)30(40)14-22-13-25(36-31(41)35-24-7-5-23(34)6-8-24)9-11-28(22)42-29(19)17-37(3)16-21-4-10-26(32)27(33)12-21/h4-13,19-20,29,39H,14-18H2,1-3H3,(H2,35,36,41)/t19-,20-,29+/m1/s1. The number of aliphatic hydroxyl groups excluding tert-OH is 1. The summed E-state index contributed by atoms with van der Waals surface area (Å²) < 4.78 is 19.8. The third kappa shape index (κ3) is 8.35. The van der Waals surface area contributed by atoms with E-state index in [-0.39, 0.29) is 37.0 Å². The number of fused-ring (bicyclic) bond motifs is 1. The average Bonchev–Trinajstić information content (AvgIpc) is 2.99. The van der Waals surface area contributed by atoms with E-state index in [4.69, 9.17) is 27.9 Å². The molecule has 1 aliphatic heterocycles. The van der Waals surface area contributed by atoms with Crippen molar-refractivity contribution in [1.29, 1.82) is 0 Å². The normalized spacial score (nSPS) is 17.9. The number of carbonyl (C=O) groups is 2. The summed E-state index contributed by atoms with van der Waals surface area (Å²) in [5.41, 5.74) is 2.52. The van der Waals surface area contributed by atoms with Crippen LogP contribution < -0.4 is 15.4 Å². The molecular formula is C31H35Cl2FN4O4. The summed E-state index contributed by atoms with van der Waals surface area (Å²) >= 11 is 12.3. The Kier molecular flexibility index (Phi) is 10.7. The second kappa shape index (κ2) is 14.2. The molecule has 0 bridgehead atoms. The summed E-state index contributed by atoms with van der Waals surface area (Å²) in [4.78, 5) is 29.9. The number of amides is 3. The van der Waals surface area contributed by atoms with Crippen LogP contribution in [0, 0.1) is 11.7 Å². The Balaban J connectivity index is 1.56. The second-order valence-corrected chi connectivity index (χ2v) is 11.6. The predicted octanol–water partition coefficient (Wildman–Crippen LogP) is 6.06. The van der Waals surface area contributed by atoms with E-state index in [0.29, 0.717) is 52.4 Å². The number of halogens is 3. The molecule has 0 saturated carbocycles. The number of urea groups is 1. The van der Waals surface area contributed by atoms with Crippen LogP contribution in [0.2, 0.25) is 10.0 Å². The topological polar surface area (TPSA) is 94.1 Å². The molecule has 0 aromatic heterocycles. The summed E-state index contributed by atoms with van der Waals surface area (Å²) in [6, 6.07) is 15.3. The SMILES string of the molecule is C[C@@H]1CN([C@H](C)CO)C(=O)Cc2cc(NC(=O)Nc3ccc(F)cc3)ccc2O[C@H]1CN(C)Cc1ccc(Cl)c(Cl)c1. The van der Waals surface area contributed by atoms with Gasteiger partial charge in [-0.2, -0.15) is 0 Å². The molecule has 4 rings (SSSR count). The Bertz CT molecular complexity index is 1410. The molecule has 42 heavy (non-hydrogen) atoms. The number of benzene rings is 3. The van der Waals surface area contributed by atoms with Crippen molar-refractivity contribution in [2.75, 3.05) is 37.4 Å². The summed E-state index contributed by atoms with van der Waals surface area (Å²) in [7, 11) is 1.98. The molecule has 0 radical (unpaired) electrons. The van der Waals surface area contributed by atoms with Gasteiger partial charge in [0.05, 0.1) is 29.1 Å². The fourth-order valence-electron chi connectivity index (χ4n) is 4.87. The molecule has 3 amide bonds. The van der Waals surface area contributed by atoms with E-state index >= 15 is 0 Å². The minimum atomic E-state index is -0.511. The lowest BCUT2D eigenvalue weighted by Gasteiger charge is -2.34. The number of carbonyl (C=O) groups excluding carboxylic acids is 2. The summed E-state index contributed by atoms with van der Waals surface area (Å²) in [6.45, 7) is 5.24. The van der Waals surface area contributed by atoms with Gasteiger partial charge in [0.25, 0.3) is 0 Å². The molecule has 3 N–H and O–H groups in total. The number of likely N-dealkylation sites (N-methyl/N-ethyl adjacent to an activating group) is 1. The molecule has 3 aromatic carbocycles. The first-order valence-corrected chi connectivity index (χ1v) is 14.4. The summed E-state index contributed by atoms with van der Waals surface area (Å²) in [5, 5.41) is 16.3. The Labute approximate surface area is 255 Å². The van der Waals surface area contributed by atoms with Crippen molar-refractivity contribution in [3.63, 3.8) is 0 Å². The van der Waals surface area contributed by atoms with E-state index in [1.54, 1.807) is 29.2 Å². The van der Waals surface area contributed by atoms with E-state index in [0.717, 1.165) is 5.56 Å². The highest BCUT2D eigenvalue weighted by atomic mass is 35.5. The molecule has 0 aliphatic carbocycles. The zero-order chi connectivity index (χ0) is 30.4. The van der Waals surface area contributed by atoms with E-state index < -0.39 is 11.8 Å². The van der Waals surface area contributed by atoms with E-state index in [2.05, 4.69) is 15.5 Å². The Morgan fingerprint density at radius 2 is 1.79 bits per heavy atom. The molecular weight excluding hydrogens is 582 g/mol. The number of hydrogen-bond acceptors (Lipinski definition) is 5. The van der Waals surface area contributed by atoms with Crippen LogP contribution in [0.25, 0.3) is 0 Å². The van der Waals surface area contributed by atoms with Gasteiger partial charge in [0, 0.05) is 42.5 Å². The average molecular weight is 618 g/mol. The first-order valence-electron chi connectivity index (χ1n) is 13.7. The lowest BCUT2D eigenvalue weighted by molar-refractivity contribution is -0.134. The fraction of sp³-hybridized carbons (Fsp3) is 0.355. The smallest absolute Gasteiger partial charge is 0.323 e. The molecule has 0 unspecified atom stereocenters. The second-order valence-electron chi connectivity index (χ2n) is 10.7. The third-order valence-electron chi connectivity index (χ3n) is 7.20. The van der Waals surface area contributed by atoms with Crippen LogP contribution in [-0.4, -0.2) is 65.7 Å². The van der Waals surface area contributed by atoms with Crippen LogP contribution in [0.4, 0.5) is 20.6 Å². The van der Waals surface area contributed by atoms with Crippen molar-refractivity contribution in [2.24, 2.45) is 5.92 Å². The Morgan fingerprint density at radius 1 is 1.10 bits per heavy atom. The highest BCUT2D eigenvalue weighted by Gasteiger charge is 2.31. The monoisotopic (exact) mass is 616 g/mol. The lowest BCUT2D eigenvalue weighted by atomic mass is 10.0. The molecule has 224 valence electrons. The highest BCUT2D eigenvalue weighted by molar-refractivity contribution is 6.42. The Hall–Kier alpha value is -3.37. The van der Waals surface area contributed by atoms with Gasteiger partial charge in [-0.05, 0) is 74.1 Å². The molecule has 3 atom stereocenters. The van der Waals surface area contributed by atoms with Gasteiger partial charge in [-0.25, -0.2) is 9.18 Å². The van der Waals surface area contributed by atoms with Gasteiger partial charge in [-0.3, -0.25) is 9.69 Å². The molecule has 0 fully saturated rings. The molecule has 11 heteroatoms. The molecule has 0 spiro atoms. The molecule has 3 aromatic rings. The number of aliphatic hydroxyl groups is 1. The maximum absolute atomic E-state index is 13.5. The zero-order valence-corrected chi connectivity index (χ0v) is 25.3. The number of ether oxygens (including phenoxy) is 1. The quantitative estimate of drug-likeness (QED) is 0.286. The van der Waals surface area contributed by atoms with Crippen LogP contribution in [0.3, 0.4) is 0 Å². The maximum Gasteiger partial charge on any atom is 0.323 e. The van der Waals surface area contributed by atoms with Gasteiger partial charge in [0.2, 0.25) is 5.91 Å². The van der Waals surface area contributed by atoms with E-state index in [1.165, 1.54) is 24.3 Å². The molecule has 0 saturated heterocycles. The fourth-order valence-corrected chi connectivity index (χ4v) is 5.19. The van der Waals surface area contributed by atoms with Crippen LogP contribution >= 0.6 is 23.2 Å². The Morgan fingerprint density at radius 3 is 2.48 bits per heavy atom. The van der Waals surface area contributed by atoms with Crippen molar-refractivity contribution >= 4 is 46.5 Å². The van der Waals surface area contributed by atoms with Crippen molar-refractivity contribution in [3.05, 3.63) is 87.7 Å². The van der Waals surface area contributed by atoms with Gasteiger partial charge in [0.1, 0.15) is 17.7 Å². The van der Waals surface area contributed by atoms with Gasteiger partial charge in [-0.1, -0.05) is 36.2 Å². The van der Waals surface area contributed by atoms with Crippen LogP contribution in [0.1, 0.15) is 25.0 Å². The van der Waals surface area contributed by atoms with Crippen molar-refractivity contribution < 1.29 is 23.8 Å². The van der Waals surface area contributed by atoms with Crippen LogP contribution in [0.5, 0.6) is 5.75 Å². The number of anilines is 2. The largest absolute Gasteiger partial charge is 0.488 e. The van der Waals surface area contributed by atoms with Gasteiger partial charge < -0.3 is 25.4 Å². The molecule has 1 heterocycles. The van der Waals surface area contributed by atoms with Crippen LogP contribution in [-0.2, 0) is 17.8 Å². The highest BCUT2D eigenvalue weighted by Crippen LogP contribution is 2.30. The van der Waals surface area contributed by atoms with Gasteiger partial charge in [0.15, 0.2) is 0 Å². The number of nitrogens with zero attached hydrogens (tertiary/aromatic N) is 2. The van der Waals surface area contributed by atoms with E-state index in [1.807, 2.05) is 33.0 Å². The molecule has 1 aliphatic rings. The van der Waals surface area contributed by atoms with Gasteiger partial charge in [-0.15, -0.1) is 0 Å². The van der Waals surface area contributed by atoms with E-state index in [9.17, 15) is 19.1 Å². The minimum Gasteiger partial charge on any atom is -0.488 e. The number of nitrogens with one attached hydrogen (secondary N) is 2. The third-order valence-corrected chi connectivity index (χ3v) is 7.94. The van der Waals surface area contributed by atoms with Crippen molar-refractivity contribution in [3.8, 4) is 5.75 Å². The summed E-state index contributed by atoms with van der Waals surface area (Å²) in [5.74, 6) is -0.0671. The lowest BCUT2D eigenvalue weighted by Crippen LogP contribution is -2.47. The zero-order valence-electron chi connectivity index (χ0n) is 23.7. The van der Waals surface area contributed by atoms with Crippen molar-refractivity contribution in [2.45, 2.75) is 39.0 Å². The maximum atomic E-state index is 13.5. The first-order chi connectivity index (χ1) is 20.0. The minimum absolute atomic E-state index is 0.0350. The van der Waals surface area contributed by atoms with Gasteiger partial charge >= 0.3 is 6.03 Å². The number of hydrogen-bond donors (Lipinski definition) is 3. The summed E-state index contributed by atoms with van der Waals surface area (Å²) in [6.07, 6.45) is -0.260.